The zero-order valence-electron chi connectivity index (χ0n) is 20.7. The zero-order chi connectivity index (χ0) is 26.3. The molecule has 196 valence electrons. The van der Waals surface area contributed by atoms with Crippen LogP contribution in [0.15, 0.2) is 72.9 Å². The Kier molecular flexibility index (Phi) is 8.66. The summed E-state index contributed by atoms with van der Waals surface area (Å²) in [5, 5.41) is 0. The molecule has 1 fully saturated rings. The Labute approximate surface area is 214 Å². The van der Waals surface area contributed by atoms with Gasteiger partial charge in [-0.05, 0) is 61.2 Å². The van der Waals surface area contributed by atoms with Crippen molar-refractivity contribution in [2.45, 2.75) is 32.5 Å². The quantitative estimate of drug-likeness (QED) is 0.339. The van der Waals surface area contributed by atoms with Crippen molar-refractivity contribution in [3.63, 3.8) is 0 Å². The number of halogens is 3. The second-order valence-electron chi connectivity index (χ2n) is 9.07. The van der Waals surface area contributed by atoms with Crippen LogP contribution < -0.4 is 9.47 Å². The Bertz CT molecular complexity index is 1130. The summed E-state index contributed by atoms with van der Waals surface area (Å²) in [4.78, 5) is 20.5. The third kappa shape index (κ3) is 7.69. The lowest BCUT2D eigenvalue weighted by atomic mass is 9.96. The van der Waals surface area contributed by atoms with Crippen molar-refractivity contribution < 1.29 is 27.4 Å². The van der Waals surface area contributed by atoms with Crippen LogP contribution in [0.2, 0.25) is 0 Å². The molecule has 0 aliphatic carbocycles. The number of hydrogen-bond donors (Lipinski definition) is 0. The summed E-state index contributed by atoms with van der Waals surface area (Å²) in [5.41, 5.74) is 0.457. The van der Waals surface area contributed by atoms with Crippen molar-refractivity contribution in [2.24, 2.45) is 5.92 Å². The number of likely N-dealkylation sites (tertiary alicyclic amines) is 1. The van der Waals surface area contributed by atoms with E-state index in [0.29, 0.717) is 30.5 Å². The minimum atomic E-state index is -4.45. The highest BCUT2D eigenvalue weighted by atomic mass is 19.4. The number of amides is 1. The normalized spacial score (nSPS) is 14.6. The summed E-state index contributed by atoms with van der Waals surface area (Å²) in [6, 6.07) is 18.8. The molecule has 1 aliphatic rings. The third-order valence-electron chi connectivity index (χ3n) is 6.40. The van der Waals surface area contributed by atoms with Gasteiger partial charge in [0.05, 0.1) is 5.56 Å². The van der Waals surface area contributed by atoms with Gasteiger partial charge in [-0.25, -0.2) is 9.78 Å². The predicted molar refractivity (Wildman–Crippen MR) is 133 cm³/mol. The zero-order valence-corrected chi connectivity index (χ0v) is 20.7. The van der Waals surface area contributed by atoms with Crippen LogP contribution in [0.3, 0.4) is 0 Å². The first-order valence-corrected chi connectivity index (χ1v) is 12.3. The Morgan fingerprint density at radius 2 is 1.68 bits per heavy atom. The topological polar surface area (TPSA) is 54.9 Å². The van der Waals surface area contributed by atoms with Crippen molar-refractivity contribution >= 4 is 6.09 Å². The minimum Gasteiger partial charge on any atom is -0.439 e. The molecule has 1 aromatic heterocycles. The van der Waals surface area contributed by atoms with Gasteiger partial charge in [-0.3, -0.25) is 4.90 Å². The van der Waals surface area contributed by atoms with E-state index in [9.17, 15) is 18.0 Å². The van der Waals surface area contributed by atoms with Gasteiger partial charge in [-0.1, -0.05) is 37.3 Å². The maximum absolute atomic E-state index is 12.7. The number of benzene rings is 2. The lowest BCUT2D eigenvalue weighted by molar-refractivity contribution is -0.137. The molecule has 6 nitrogen and oxygen atoms in total. The number of hydrogen-bond acceptors (Lipinski definition) is 5. The summed E-state index contributed by atoms with van der Waals surface area (Å²) < 4.78 is 49.0. The van der Waals surface area contributed by atoms with Crippen molar-refractivity contribution in [1.82, 2.24) is 14.8 Å². The van der Waals surface area contributed by atoms with Crippen LogP contribution in [-0.4, -0.2) is 47.1 Å². The van der Waals surface area contributed by atoms with E-state index < -0.39 is 17.8 Å². The van der Waals surface area contributed by atoms with Gasteiger partial charge in [0.2, 0.25) is 5.88 Å². The number of alkyl halides is 3. The van der Waals surface area contributed by atoms with E-state index >= 15 is 0 Å². The second kappa shape index (κ2) is 12.1. The third-order valence-corrected chi connectivity index (χ3v) is 6.40. The summed E-state index contributed by atoms with van der Waals surface area (Å²) in [6.45, 7) is 6.37. The lowest BCUT2D eigenvalue weighted by Crippen LogP contribution is -2.42. The smallest absolute Gasteiger partial charge is 0.417 e. The van der Waals surface area contributed by atoms with E-state index in [1.807, 2.05) is 6.07 Å². The lowest BCUT2D eigenvalue weighted by Gasteiger charge is -2.34. The first-order chi connectivity index (χ1) is 17.8. The van der Waals surface area contributed by atoms with Crippen LogP contribution in [0, 0.1) is 5.92 Å². The molecule has 0 atom stereocenters. The van der Waals surface area contributed by atoms with Crippen molar-refractivity contribution in [3.8, 4) is 17.4 Å². The molecule has 3 aromatic rings. The van der Waals surface area contributed by atoms with E-state index in [0.717, 1.165) is 50.8 Å². The van der Waals surface area contributed by atoms with E-state index in [4.69, 9.17) is 9.47 Å². The van der Waals surface area contributed by atoms with Gasteiger partial charge in [0.1, 0.15) is 11.5 Å². The fraction of sp³-hybridized carbons (Fsp3) is 0.357. The van der Waals surface area contributed by atoms with Gasteiger partial charge < -0.3 is 14.4 Å². The van der Waals surface area contributed by atoms with E-state index in [1.54, 1.807) is 29.2 Å². The number of nitrogens with zero attached hydrogens (tertiary/aromatic N) is 3. The standard InChI is InChI=1S/C28H30F3N3O3/c1-2-33(19-21-6-4-3-5-7-21)20-22-14-16-34(17-15-22)27(35)37-25-11-9-24(10-12-25)36-26-13-8-23(18-32-26)28(29,30)31/h3-13,18,22H,2,14-17,19-20H2,1H3. The molecular weight excluding hydrogens is 483 g/mol. The van der Waals surface area contributed by atoms with Gasteiger partial charge in [0.25, 0.3) is 0 Å². The number of ether oxygens (including phenoxy) is 2. The maximum atomic E-state index is 12.7. The first-order valence-electron chi connectivity index (χ1n) is 12.3. The molecule has 1 amide bonds. The molecule has 2 heterocycles. The predicted octanol–water partition coefficient (Wildman–Crippen LogP) is 6.63. The van der Waals surface area contributed by atoms with Crippen molar-refractivity contribution in [3.05, 3.63) is 84.1 Å². The number of piperidine rings is 1. The largest absolute Gasteiger partial charge is 0.439 e. The Balaban J connectivity index is 1.22. The maximum Gasteiger partial charge on any atom is 0.417 e. The molecule has 0 saturated carbocycles. The summed E-state index contributed by atoms with van der Waals surface area (Å²) in [5.74, 6) is 1.29. The van der Waals surface area contributed by atoms with Crippen LogP contribution in [0.1, 0.15) is 30.9 Å². The van der Waals surface area contributed by atoms with E-state index in [-0.39, 0.29) is 5.88 Å². The average molecular weight is 514 g/mol. The number of aromatic nitrogens is 1. The molecule has 0 unspecified atom stereocenters. The van der Waals surface area contributed by atoms with E-state index in [1.165, 1.54) is 5.56 Å². The molecule has 2 aromatic carbocycles. The molecule has 1 aliphatic heterocycles. The Hall–Kier alpha value is -3.59. The van der Waals surface area contributed by atoms with Crippen molar-refractivity contribution in [2.75, 3.05) is 26.2 Å². The summed E-state index contributed by atoms with van der Waals surface area (Å²) in [7, 11) is 0. The SMILES string of the molecule is CCN(Cc1ccccc1)CC1CCN(C(=O)Oc2ccc(Oc3ccc(C(F)(F)F)cn3)cc2)CC1. The number of carbonyl (C=O) groups excluding carboxylic acids is 1. The summed E-state index contributed by atoms with van der Waals surface area (Å²) >= 11 is 0. The molecular formula is C28H30F3N3O3. The highest BCUT2D eigenvalue weighted by Crippen LogP contribution is 2.30. The van der Waals surface area contributed by atoms with Crippen LogP contribution in [0.4, 0.5) is 18.0 Å². The van der Waals surface area contributed by atoms with Gasteiger partial charge >= 0.3 is 12.3 Å². The molecule has 0 radical (unpaired) electrons. The van der Waals surface area contributed by atoms with Gasteiger partial charge in [0, 0.05) is 38.4 Å². The number of pyridine rings is 1. The highest BCUT2D eigenvalue weighted by Gasteiger charge is 2.30. The van der Waals surface area contributed by atoms with Crippen LogP contribution >= 0.6 is 0 Å². The van der Waals surface area contributed by atoms with Crippen LogP contribution in [-0.2, 0) is 12.7 Å². The fourth-order valence-corrected chi connectivity index (χ4v) is 4.28. The van der Waals surface area contributed by atoms with Gasteiger partial charge in [-0.15, -0.1) is 0 Å². The molecule has 37 heavy (non-hydrogen) atoms. The molecule has 0 spiro atoms. The molecule has 0 N–H and O–H groups in total. The Morgan fingerprint density at radius 3 is 2.27 bits per heavy atom. The molecule has 1 saturated heterocycles. The second-order valence-corrected chi connectivity index (χ2v) is 9.07. The molecule has 9 heteroatoms. The monoisotopic (exact) mass is 513 g/mol. The molecule has 0 bridgehead atoms. The Morgan fingerprint density at radius 1 is 1.00 bits per heavy atom. The summed E-state index contributed by atoms with van der Waals surface area (Å²) in [6.07, 6.45) is -2.28. The highest BCUT2D eigenvalue weighted by molar-refractivity contribution is 5.70. The fourth-order valence-electron chi connectivity index (χ4n) is 4.28. The van der Waals surface area contributed by atoms with Gasteiger partial charge in [0.15, 0.2) is 0 Å². The van der Waals surface area contributed by atoms with E-state index in [2.05, 4.69) is 41.1 Å². The first kappa shape index (κ1) is 26.5. The average Bonchev–Trinajstić information content (AvgIpc) is 2.90. The minimum absolute atomic E-state index is 0.0334. The van der Waals surface area contributed by atoms with Gasteiger partial charge in [-0.2, -0.15) is 13.2 Å². The molecule has 4 rings (SSSR count). The van der Waals surface area contributed by atoms with Crippen LogP contribution in [0.25, 0.3) is 0 Å². The van der Waals surface area contributed by atoms with Crippen molar-refractivity contribution in [1.29, 1.82) is 0 Å². The number of carbonyl (C=O) groups is 1. The number of rotatable bonds is 8. The van der Waals surface area contributed by atoms with Crippen LogP contribution in [0.5, 0.6) is 17.4 Å².